The second-order valence-corrected chi connectivity index (χ2v) is 8.52. The van der Waals surface area contributed by atoms with Crippen molar-refractivity contribution in [1.29, 1.82) is 0 Å². The van der Waals surface area contributed by atoms with Crippen LogP contribution in [0, 0.1) is 0 Å². The van der Waals surface area contributed by atoms with E-state index in [-0.39, 0.29) is 13.2 Å². The molecule has 0 heterocycles. The summed E-state index contributed by atoms with van der Waals surface area (Å²) in [5.74, 6) is 0. The van der Waals surface area contributed by atoms with Gasteiger partial charge in [0.1, 0.15) is 13.2 Å². The lowest BCUT2D eigenvalue weighted by atomic mass is 9.94. The van der Waals surface area contributed by atoms with Gasteiger partial charge in [-0.2, -0.15) is 0 Å². The van der Waals surface area contributed by atoms with Crippen molar-refractivity contribution in [3.05, 3.63) is 11.6 Å². The van der Waals surface area contributed by atoms with Crippen LogP contribution in [0.1, 0.15) is 51.4 Å². The Morgan fingerprint density at radius 1 is 1.09 bits per heavy atom. The Morgan fingerprint density at radius 2 is 1.73 bits per heavy atom. The maximum atomic E-state index is 11.7. The first-order valence-electron chi connectivity index (χ1n) is 8.39. The lowest BCUT2D eigenvalue weighted by molar-refractivity contribution is -0.870. The third kappa shape index (κ3) is 10.5. The number of hydrogen-bond donors (Lipinski definition) is 1. The molecule has 1 N–H and O–H groups in total. The highest BCUT2D eigenvalue weighted by Crippen LogP contribution is 2.43. The molecule has 0 saturated heterocycles. The predicted octanol–water partition coefficient (Wildman–Crippen LogP) is 3.89. The molecule has 5 nitrogen and oxygen atoms in total. The summed E-state index contributed by atoms with van der Waals surface area (Å²) in [5, 5.41) is 0. The van der Waals surface area contributed by atoms with Gasteiger partial charge in [-0.15, -0.1) is 0 Å². The average Bonchev–Trinajstić information content (AvgIpc) is 2.42. The minimum Gasteiger partial charge on any atom is -0.329 e. The fourth-order valence-electron chi connectivity index (χ4n) is 2.41. The molecule has 0 spiro atoms. The minimum absolute atomic E-state index is 0.226. The summed E-state index contributed by atoms with van der Waals surface area (Å²) < 4.78 is 22.3. The van der Waals surface area contributed by atoms with Crippen LogP contribution in [0.2, 0.25) is 0 Å². The smallest absolute Gasteiger partial charge is 0.329 e. The second-order valence-electron chi connectivity index (χ2n) is 7.07. The van der Waals surface area contributed by atoms with Crippen LogP contribution in [0.4, 0.5) is 0 Å². The van der Waals surface area contributed by atoms with E-state index in [2.05, 4.69) is 6.08 Å². The van der Waals surface area contributed by atoms with Crippen molar-refractivity contribution in [2.75, 3.05) is 40.9 Å². The average molecular weight is 334 g/mol. The van der Waals surface area contributed by atoms with Crippen molar-refractivity contribution < 1.29 is 23.0 Å². The summed E-state index contributed by atoms with van der Waals surface area (Å²) in [6.45, 7) is 1.17. The largest absolute Gasteiger partial charge is 0.472 e. The minimum atomic E-state index is -3.88. The summed E-state index contributed by atoms with van der Waals surface area (Å²) in [6, 6.07) is 0. The maximum Gasteiger partial charge on any atom is 0.472 e. The normalized spacial score (nSPS) is 19.0. The quantitative estimate of drug-likeness (QED) is 0.285. The summed E-state index contributed by atoms with van der Waals surface area (Å²) in [6.07, 6.45) is 11.7. The molecule has 1 aliphatic rings. The first-order valence-corrected chi connectivity index (χ1v) is 9.88. The van der Waals surface area contributed by atoms with Crippen molar-refractivity contribution in [3.63, 3.8) is 0 Å². The topological polar surface area (TPSA) is 55.8 Å². The Hall–Kier alpha value is -0.190. The van der Waals surface area contributed by atoms with Crippen LogP contribution in [0.5, 0.6) is 0 Å². The van der Waals surface area contributed by atoms with E-state index >= 15 is 0 Å². The molecular weight excluding hydrogens is 301 g/mol. The molecule has 0 aromatic rings. The van der Waals surface area contributed by atoms with Gasteiger partial charge in [0.05, 0.1) is 27.7 Å². The first kappa shape index (κ1) is 19.9. The third-order valence-corrected chi connectivity index (χ3v) is 4.82. The molecule has 22 heavy (non-hydrogen) atoms. The molecule has 0 aromatic carbocycles. The Morgan fingerprint density at radius 3 is 2.36 bits per heavy atom. The Labute approximate surface area is 135 Å². The van der Waals surface area contributed by atoms with Gasteiger partial charge in [0.25, 0.3) is 0 Å². The van der Waals surface area contributed by atoms with Crippen molar-refractivity contribution in [1.82, 2.24) is 0 Å². The zero-order chi connectivity index (χ0) is 16.5. The first-order chi connectivity index (χ1) is 10.3. The summed E-state index contributed by atoms with van der Waals surface area (Å²) in [5.41, 5.74) is 1.59. The maximum absolute atomic E-state index is 11.7. The van der Waals surface area contributed by atoms with Crippen LogP contribution < -0.4 is 0 Å². The molecule has 1 saturated carbocycles. The number of phosphoric acid groups is 1. The molecule has 1 fully saturated rings. The molecule has 0 bridgehead atoms. The third-order valence-electron chi connectivity index (χ3n) is 3.80. The van der Waals surface area contributed by atoms with Crippen molar-refractivity contribution in [3.8, 4) is 0 Å². The number of rotatable bonds is 10. The van der Waals surface area contributed by atoms with Gasteiger partial charge in [0.15, 0.2) is 0 Å². The number of allylic oxidation sites excluding steroid dienone is 2. The SMILES string of the molecule is C[N+](C)(C)CCOP(=O)(O)OCCCCC=C1CCCCC1. The van der Waals surface area contributed by atoms with Crippen molar-refractivity contribution >= 4 is 7.82 Å². The summed E-state index contributed by atoms with van der Waals surface area (Å²) >= 11 is 0. The fraction of sp³-hybridized carbons (Fsp3) is 0.875. The molecule has 6 heteroatoms. The number of phosphoric ester groups is 1. The van der Waals surface area contributed by atoms with E-state index in [9.17, 15) is 9.46 Å². The molecular formula is C16H33NO4P+. The van der Waals surface area contributed by atoms with E-state index in [1.807, 2.05) is 21.1 Å². The van der Waals surface area contributed by atoms with E-state index in [4.69, 9.17) is 9.05 Å². The highest BCUT2D eigenvalue weighted by molar-refractivity contribution is 7.47. The van der Waals surface area contributed by atoms with Crippen molar-refractivity contribution in [2.24, 2.45) is 0 Å². The van der Waals surface area contributed by atoms with Crippen LogP contribution >= 0.6 is 7.82 Å². The molecule has 0 aromatic heterocycles. The number of unbranched alkanes of at least 4 members (excludes halogenated alkanes) is 2. The van der Waals surface area contributed by atoms with Gasteiger partial charge in [-0.05, 0) is 44.9 Å². The van der Waals surface area contributed by atoms with Gasteiger partial charge < -0.3 is 9.38 Å². The highest BCUT2D eigenvalue weighted by atomic mass is 31.2. The predicted molar refractivity (Wildman–Crippen MR) is 89.6 cm³/mol. The number of likely N-dealkylation sites (N-methyl/N-ethyl adjacent to an activating group) is 1. The molecule has 0 aliphatic heterocycles. The van der Waals surface area contributed by atoms with Gasteiger partial charge in [-0.3, -0.25) is 9.05 Å². The Kier molecular flexibility index (Phi) is 8.88. The van der Waals surface area contributed by atoms with E-state index in [1.54, 1.807) is 5.57 Å². The van der Waals surface area contributed by atoms with Crippen LogP contribution in [0.25, 0.3) is 0 Å². The summed E-state index contributed by atoms with van der Waals surface area (Å²) in [7, 11) is 2.14. The van der Waals surface area contributed by atoms with E-state index in [0.717, 1.165) is 19.3 Å². The lowest BCUT2D eigenvalue weighted by Gasteiger charge is -2.24. The zero-order valence-corrected chi connectivity index (χ0v) is 15.3. The number of nitrogens with zero attached hydrogens (tertiary/aromatic N) is 1. The molecule has 1 unspecified atom stereocenters. The lowest BCUT2D eigenvalue weighted by Crippen LogP contribution is -2.37. The van der Waals surface area contributed by atoms with E-state index in [0.29, 0.717) is 11.0 Å². The van der Waals surface area contributed by atoms with Gasteiger partial charge in [0.2, 0.25) is 0 Å². The Bertz CT molecular complexity index is 382. The highest BCUT2D eigenvalue weighted by Gasteiger charge is 2.21. The summed E-state index contributed by atoms with van der Waals surface area (Å²) in [4.78, 5) is 9.56. The molecule has 0 radical (unpaired) electrons. The van der Waals surface area contributed by atoms with Crippen LogP contribution in [0.3, 0.4) is 0 Å². The van der Waals surface area contributed by atoms with Gasteiger partial charge in [-0.25, -0.2) is 4.57 Å². The molecule has 0 amide bonds. The zero-order valence-electron chi connectivity index (χ0n) is 14.4. The molecule has 1 rings (SSSR count). The number of hydrogen-bond acceptors (Lipinski definition) is 3. The van der Waals surface area contributed by atoms with Gasteiger partial charge in [-0.1, -0.05) is 18.1 Å². The Balaban J connectivity index is 2.06. The monoisotopic (exact) mass is 334 g/mol. The van der Waals surface area contributed by atoms with Crippen LogP contribution in [-0.2, 0) is 13.6 Å². The van der Waals surface area contributed by atoms with Gasteiger partial charge in [0, 0.05) is 0 Å². The van der Waals surface area contributed by atoms with E-state index in [1.165, 1.54) is 32.1 Å². The number of quaternary nitrogens is 1. The fourth-order valence-corrected chi connectivity index (χ4v) is 3.16. The van der Waals surface area contributed by atoms with Crippen molar-refractivity contribution in [2.45, 2.75) is 51.4 Å². The van der Waals surface area contributed by atoms with Gasteiger partial charge >= 0.3 is 7.82 Å². The van der Waals surface area contributed by atoms with E-state index < -0.39 is 7.82 Å². The molecule has 1 atom stereocenters. The second kappa shape index (κ2) is 9.84. The van der Waals surface area contributed by atoms with Crippen LogP contribution in [0.15, 0.2) is 11.6 Å². The standard InChI is InChI=1S/C16H32NO4P/c1-17(2,3)13-15-21-22(18,19)20-14-9-5-8-12-16-10-6-4-7-11-16/h12H,4-11,13-15H2,1-3H3/p+1. The molecule has 1 aliphatic carbocycles. The molecule has 130 valence electrons. The van der Waals surface area contributed by atoms with Crippen LogP contribution in [-0.4, -0.2) is 50.3 Å².